The average Bonchev–Trinajstić information content (AvgIpc) is 2.56. The zero-order valence-corrected chi connectivity index (χ0v) is 8.74. The third-order valence-electron chi connectivity index (χ3n) is 2.71. The van der Waals surface area contributed by atoms with E-state index in [0.717, 1.165) is 22.4 Å². The smallest absolute Gasteiger partial charge is 0.227 e. The Bertz CT molecular complexity index is 652. The lowest BCUT2D eigenvalue weighted by molar-refractivity contribution is 0.652. The summed E-state index contributed by atoms with van der Waals surface area (Å²) < 4.78 is 5.70. The Morgan fingerprint density at radius 1 is 1.07 bits per heavy atom. The Morgan fingerprint density at radius 3 is 2.80 bits per heavy atom. The van der Waals surface area contributed by atoms with E-state index in [1.165, 1.54) is 10.9 Å². The minimum absolute atomic E-state index is 0.735. The maximum absolute atomic E-state index is 5.70. The molecule has 0 saturated carbocycles. The van der Waals surface area contributed by atoms with Crippen molar-refractivity contribution in [2.45, 2.75) is 13.8 Å². The van der Waals surface area contributed by atoms with Crippen LogP contribution < -0.4 is 0 Å². The molecule has 3 aromatic rings. The fraction of sp³-hybridized carbons (Fsp3) is 0.154. The van der Waals surface area contributed by atoms with E-state index in [0.29, 0.717) is 0 Å². The number of aromatic nitrogens is 1. The number of rotatable bonds is 0. The van der Waals surface area contributed by atoms with Crippen LogP contribution in [0.15, 0.2) is 34.7 Å². The predicted molar refractivity (Wildman–Crippen MR) is 61.0 cm³/mol. The highest BCUT2D eigenvalue weighted by Crippen LogP contribution is 2.29. The van der Waals surface area contributed by atoms with Crippen molar-refractivity contribution in [3.8, 4) is 0 Å². The molecule has 2 heteroatoms. The van der Waals surface area contributed by atoms with Gasteiger partial charge in [0.2, 0.25) is 5.71 Å². The first kappa shape index (κ1) is 8.48. The van der Waals surface area contributed by atoms with Crippen molar-refractivity contribution in [2.24, 2.45) is 0 Å². The number of benzene rings is 1. The molecular formula is C13H11NO. The van der Waals surface area contributed by atoms with Crippen LogP contribution in [0.3, 0.4) is 0 Å². The number of nitrogens with zero attached hydrogens (tertiary/aromatic N) is 1. The van der Waals surface area contributed by atoms with Crippen LogP contribution in [0.25, 0.3) is 22.1 Å². The van der Waals surface area contributed by atoms with E-state index in [1.807, 2.05) is 25.1 Å². The van der Waals surface area contributed by atoms with Crippen molar-refractivity contribution >= 4 is 22.1 Å². The van der Waals surface area contributed by atoms with Gasteiger partial charge in [-0.05, 0) is 37.6 Å². The highest BCUT2D eigenvalue weighted by Gasteiger charge is 2.09. The van der Waals surface area contributed by atoms with Crippen molar-refractivity contribution in [3.05, 3.63) is 41.6 Å². The van der Waals surface area contributed by atoms with Crippen LogP contribution in [-0.2, 0) is 0 Å². The van der Waals surface area contributed by atoms with E-state index < -0.39 is 0 Å². The minimum atomic E-state index is 0.735. The number of pyridine rings is 1. The topological polar surface area (TPSA) is 26.0 Å². The second kappa shape index (κ2) is 2.83. The van der Waals surface area contributed by atoms with E-state index in [2.05, 4.69) is 24.0 Å². The van der Waals surface area contributed by atoms with Gasteiger partial charge in [-0.25, -0.2) is 4.98 Å². The van der Waals surface area contributed by atoms with Gasteiger partial charge < -0.3 is 4.42 Å². The quantitative estimate of drug-likeness (QED) is 0.550. The number of hydrogen-bond donors (Lipinski definition) is 0. The Morgan fingerprint density at radius 2 is 1.93 bits per heavy atom. The van der Waals surface area contributed by atoms with Gasteiger partial charge in [-0.3, -0.25) is 0 Å². The summed E-state index contributed by atoms with van der Waals surface area (Å²) in [7, 11) is 0. The molecule has 0 radical (unpaired) electrons. The molecule has 2 aromatic heterocycles. The fourth-order valence-corrected chi connectivity index (χ4v) is 1.98. The standard InChI is InChI=1S/C13H11NO/c1-8-4-3-5-11-12(8)10-7-6-9(2)14-13(10)15-11/h3-7H,1-2H3. The summed E-state index contributed by atoms with van der Waals surface area (Å²) in [6.07, 6.45) is 0. The van der Waals surface area contributed by atoms with Gasteiger partial charge in [-0.1, -0.05) is 12.1 Å². The molecule has 3 rings (SSSR count). The number of hydrogen-bond acceptors (Lipinski definition) is 2. The molecule has 0 fully saturated rings. The van der Waals surface area contributed by atoms with Crippen LogP contribution in [-0.4, -0.2) is 4.98 Å². The first-order valence-corrected chi connectivity index (χ1v) is 5.01. The third-order valence-corrected chi connectivity index (χ3v) is 2.71. The molecule has 0 amide bonds. The van der Waals surface area contributed by atoms with Crippen molar-refractivity contribution in [2.75, 3.05) is 0 Å². The maximum Gasteiger partial charge on any atom is 0.227 e. The van der Waals surface area contributed by atoms with Crippen LogP contribution >= 0.6 is 0 Å². The van der Waals surface area contributed by atoms with E-state index in [4.69, 9.17) is 4.42 Å². The van der Waals surface area contributed by atoms with Gasteiger partial charge in [0.25, 0.3) is 0 Å². The lowest BCUT2D eigenvalue weighted by Gasteiger charge is -1.93. The van der Waals surface area contributed by atoms with Crippen molar-refractivity contribution in [3.63, 3.8) is 0 Å². The van der Waals surface area contributed by atoms with Gasteiger partial charge >= 0.3 is 0 Å². The number of fused-ring (bicyclic) bond motifs is 3. The summed E-state index contributed by atoms with van der Waals surface area (Å²) in [6, 6.07) is 10.2. The molecule has 0 aliphatic rings. The van der Waals surface area contributed by atoms with Crippen molar-refractivity contribution in [1.82, 2.24) is 4.98 Å². The van der Waals surface area contributed by atoms with Crippen molar-refractivity contribution < 1.29 is 4.42 Å². The van der Waals surface area contributed by atoms with Gasteiger partial charge in [0, 0.05) is 16.5 Å². The van der Waals surface area contributed by atoms with Gasteiger partial charge in [0.05, 0.1) is 0 Å². The molecule has 0 aliphatic carbocycles. The molecule has 0 atom stereocenters. The Labute approximate surface area is 87.5 Å². The van der Waals surface area contributed by atoms with E-state index in [1.54, 1.807) is 0 Å². The van der Waals surface area contributed by atoms with Gasteiger partial charge in [0.15, 0.2) is 0 Å². The Hall–Kier alpha value is -1.83. The molecule has 74 valence electrons. The second-order valence-electron chi connectivity index (χ2n) is 3.86. The van der Waals surface area contributed by atoms with E-state index in [9.17, 15) is 0 Å². The lowest BCUT2D eigenvalue weighted by atomic mass is 10.1. The average molecular weight is 197 g/mol. The largest absolute Gasteiger partial charge is 0.438 e. The summed E-state index contributed by atoms with van der Waals surface area (Å²) in [5.74, 6) is 0. The third kappa shape index (κ3) is 1.14. The fourth-order valence-electron chi connectivity index (χ4n) is 1.98. The summed E-state index contributed by atoms with van der Waals surface area (Å²) in [6.45, 7) is 4.07. The summed E-state index contributed by atoms with van der Waals surface area (Å²) in [5, 5.41) is 2.29. The number of furan rings is 1. The van der Waals surface area contributed by atoms with Crippen LogP contribution in [0.4, 0.5) is 0 Å². The molecule has 2 nitrogen and oxygen atoms in total. The highest BCUT2D eigenvalue weighted by molar-refractivity contribution is 6.05. The van der Waals surface area contributed by atoms with Crippen molar-refractivity contribution in [1.29, 1.82) is 0 Å². The SMILES string of the molecule is Cc1ccc2c(n1)oc1cccc(C)c12. The molecule has 0 bridgehead atoms. The molecule has 2 heterocycles. The summed E-state index contributed by atoms with van der Waals surface area (Å²) in [4.78, 5) is 4.39. The molecule has 0 unspecified atom stereocenters. The zero-order valence-electron chi connectivity index (χ0n) is 8.74. The maximum atomic E-state index is 5.70. The molecule has 1 aromatic carbocycles. The molecule has 0 saturated heterocycles. The van der Waals surface area contributed by atoms with Gasteiger partial charge in [-0.15, -0.1) is 0 Å². The first-order valence-electron chi connectivity index (χ1n) is 5.01. The van der Waals surface area contributed by atoms with Gasteiger partial charge in [-0.2, -0.15) is 0 Å². The molecule has 0 N–H and O–H groups in total. The number of aryl methyl sites for hydroxylation is 2. The van der Waals surface area contributed by atoms with Crippen LogP contribution in [0.2, 0.25) is 0 Å². The summed E-state index contributed by atoms with van der Waals surface area (Å²) in [5.41, 5.74) is 3.87. The Balaban J connectivity index is 2.59. The van der Waals surface area contributed by atoms with E-state index >= 15 is 0 Å². The zero-order chi connectivity index (χ0) is 10.4. The molecule has 15 heavy (non-hydrogen) atoms. The van der Waals surface area contributed by atoms with Crippen LogP contribution in [0.5, 0.6) is 0 Å². The molecule has 0 spiro atoms. The van der Waals surface area contributed by atoms with Gasteiger partial charge in [0.1, 0.15) is 5.58 Å². The molecule has 0 aliphatic heterocycles. The summed E-state index contributed by atoms with van der Waals surface area (Å²) >= 11 is 0. The second-order valence-corrected chi connectivity index (χ2v) is 3.86. The predicted octanol–water partition coefficient (Wildman–Crippen LogP) is 3.60. The normalized spacial score (nSPS) is 11.3. The molecular weight excluding hydrogens is 186 g/mol. The minimum Gasteiger partial charge on any atom is -0.438 e. The highest BCUT2D eigenvalue weighted by atomic mass is 16.3. The van der Waals surface area contributed by atoms with Crippen LogP contribution in [0.1, 0.15) is 11.3 Å². The van der Waals surface area contributed by atoms with E-state index in [-0.39, 0.29) is 0 Å². The monoisotopic (exact) mass is 197 g/mol. The first-order chi connectivity index (χ1) is 7.25. The van der Waals surface area contributed by atoms with Crippen LogP contribution in [0, 0.1) is 13.8 Å². The Kier molecular flexibility index (Phi) is 1.60. The lowest BCUT2D eigenvalue weighted by Crippen LogP contribution is -1.78.